The van der Waals surface area contributed by atoms with Gasteiger partial charge >= 0.3 is 0 Å². The molecule has 0 bridgehead atoms. The van der Waals surface area contributed by atoms with Gasteiger partial charge in [-0.1, -0.05) is 23.7 Å². The monoisotopic (exact) mass is 400 g/mol. The van der Waals surface area contributed by atoms with E-state index in [-0.39, 0.29) is 11.8 Å². The molecule has 0 atom stereocenters. The van der Waals surface area contributed by atoms with Crippen molar-refractivity contribution in [2.75, 3.05) is 24.7 Å². The van der Waals surface area contributed by atoms with Gasteiger partial charge in [-0.05, 0) is 36.2 Å². The van der Waals surface area contributed by atoms with Crippen molar-refractivity contribution in [1.29, 1.82) is 0 Å². The summed E-state index contributed by atoms with van der Waals surface area (Å²) in [6.45, 7) is 2.20. The van der Waals surface area contributed by atoms with Gasteiger partial charge in [-0.25, -0.2) is 0 Å². The molecule has 0 radical (unpaired) electrons. The van der Waals surface area contributed by atoms with Gasteiger partial charge in [0.2, 0.25) is 5.91 Å². The fourth-order valence-electron chi connectivity index (χ4n) is 3.36. The van der Waals surface area contributed by atoms with E-state index < -0.39 is 0 Å². The third-order valence-corrected chi connectivity index (χ3v) is 5.12. The number of carbonyl (C=O) groups is 2. The van der Waals surface area contributed by atoms with Crippen molar-refractivity contribution < 1.29 is 19.1 Å². The lowest BCUT2D eigenvalue weighted by atomic mass is 10.1. The molecule has 2 amide bonds. The molecule has 0 aromatic heterocycles. The third-order valence-electron chi connectivity index (χ3n) is 4.84. The summed E-state index contributed by atoms with van der Waals surface area (Å²) in [6, 6.07) is 10.9. The zero-order chi connectivity index (χ0) is 19.5. The summed E-state index contributed by atoms with van der Waals surface area (Å²) in [6.07, 6.45) is 2.27. The summed E-state index contributed by atoms with van der Waals surface area (Å²) in [4.78, 5) is 26.2. The predicted molar refractivity (Wildman–Crippen MR) is 106 cm³/mol. The molecule has 2 aliphatic heterocycles. The lowest BCUT2D eigenvalue weighted by Gasteiger charge is -2.16. The first kappa shape index (κ1) is 18.6. The summed E-state index contributed by atoms with van der Waals surface area (Å²) in [5.74, 6) is 0.904. The molecule has 1 saturated heterocycles. The minimum atomic E-state index is -0.239. The molecule has 0 spiro atoms. The Morgan fingerprint density at radius 1 is 1.11 bits per heavy atom. The van der Waals surface area contributed by atoms with Gasteiger partial charge in [0.05, 0.1) is 18.2 Å². The lowest BCUT2D eigenvalue weighted by Crippen LogP contribution is -2.24. The maximum Gasteiger partial charge on any atom is 0.251 e. The van der Waals surface area contributed by atoms with Gasteiger partial charge in [0.25, 0.3) is 5.91 Å². The highest BCUT2D eigenvalue weighted by Crippen LogP contribution is 2.38. The summed E-state index contributed by atoms with van der Waals surface area (Å²) < 4.78 is 11.2. The molecule has 28 heavy (non-hydrogen) atoms. The van der Waals surface area contributed by atoms with Crippen LogP contribution in [-0.4, -0.2) is 31.6 Å². The van der Waals surface area contributed by atoms with Crippen LogP contribution in [0.3, 0.4) is 0 Å². The van der Waals surface area contributed by atoms with Crippen molar-refractivity contribution in [3.8, 4) is 11.5 Å². The van der Waals surface area contributed by atoms with E-state index in [0.29, 0.717) is 48.3 Å². The van der Waals surface area contributed by atoms with Crippen molar-refractivity contribution in [2.45, 2.75) is 25.8 Å². The number of nitrogens with one attached hydrogen (secondary N) is 1. The fourth-order valence-corrected chi connectivity index (χ4v) is 3.63. The normalized spacial score (nSPS) is 16.0. The van der Waals surface area contributed by atoms with Crippen LogP contribution < -0.4 is 19.7 Å². The van der Waals surface area contributed by atoms with Crippen molar-refractivity contribution in [3.05, 3.63) is 52.5 Å². The van der Waals surface area contributed by atoms with Gasteiger partial charge in [-0.3, -0.25) is 9.59 Å². The predicted octanol–water partition coefficient (Wildman–Crippen LogP) is 3.56. The highest BCUT2D eigenvalue weighted by Gasteiger charge is 2.21. The number of nitrogens with zero attached hydrogens (tertiary/aromatic N) is 1. The SMILES string of the molecule is O=C(NCc1ccc(N2CCCC2=O)cc1)c1cc(Cl)c2c(c1)OCCCO2. The van der Waals surface area contributed by atoms with Crippen LogP contribution in [0.15, 0.2) is 36.4 Å². The van der Waals surface area contributed by atoms with Crippen LogP contribution in [0.4, 0.5) is 5.69 Å². The second-order valence-corrected chi connectivity index (χ2v) is 7.24. The molecule has 2 aromatic rings. The molecule has 6 nitrogen and oxygen atoms in total. The average Bonchev–Trinajstić information content (AvgIpc) is 2.98. The largest absolute Gasteiger partial charge is 0.489 e. The second kappa shape index (κ2) is 8.10. The molecular weight excluding hydrogens is 380 g/mol. The molecule has 7 heteroatoms. The Morgan fingerprint density at radius 3 is 2.64 bits per heavy atom. The Balaban J connectivity index is 1.41. The maximum absolute atomic E-state index is 12.5. The van der Waals surface area contributed by atoms with Crippen molar-refractivity contribution in [1.82, 2.24) is 5.32 Å². The van der Waals surface area contributed by atoms with Crippen molar-refractivity contribution in [2.24, 2.45) is 0 Å². The Morgan fingerprint density at radius 2 is 1.89 bits per heavy atom. The van der Waals surface area contributed by atoms with Gasteiger partial charge in [-0.2, -0.15) is 0 Å². The van der Waals surface area contributed by atoms with Gasteiger partial charge in [0.1, 0.15) is 0 Å². The van der Waals surface area contributed by atoms with E-state index >= 15 is 0 Å². The van der Waals surface area contributed by atoms with Gasteiger partial charge < -0.3 is 19.7 Å². The zero-order valence-electron chi connectivity index (χ0n) is 15.4. The maximum atomic E-state index is 12.5. The quantitative estimate of drug-likeness (QED) is 0.852. The Bertz CT molecular complexity index is 898. The number of anilines is 1. The van der Waals surface area contributed by atoms with E-state index in [1.165, 1.54) is 0 Å². The third kappa shape index (κ3) is 3.92. The number of carbonyl (C=O) groups excluding carboxylic acids is 2. The van der Waals surface area contributed by atoms with E-state index in [9.17, 15) is 9.59 Å². The van der Waals surface area contributed by atoms with E-state index in [1.54, 1.807) is 17.0 Å². The summed E-state index contributed by atoms with van der Waals surface area (Å²) >= 11 is 6.26. The number of halogens is 1. The summed E-state index contributed by atoms with van der Waals surface area (Å²) in [5.41, 5.74) is 2.27. The number of benzene rings is 2. The highest BCUT2D eigenvalue weighted by atomic mass is 35.5. The topological polar surface area (TPSA) is 67.9 Å². The summed E-state index contributed by atoms with van der Waals surface area (Å²) in [7, 11) is 0. The number of amides is 2. The fraction of sp³-hybridized carbons (Fsp3) is 0.333. The first-order valence-corrected chi connectivity index (χ1v) is 9.76. The number of hydrogen-bond acceptors (Lipinski definition) is 4. The lowest BCUT2D eigenvalue weighted by molar-refractivity contribution is -0.117. The van der Waals surface area contributed by atoms with E-state index in [4.69, 9.17) is 21.1 Å². The van der Waals surface area contributed by atoms with Crippen LogP contribution in [0.5, 0.6) is 11.5 Å². The van der Waals surface area contributed by atoms with E-state index in [2.05, 4.69) is 5.32 Å². The molecule has 0 aliphatic carbocycles. The number of rotatable bonds is 4. The zero-order valence-corrected chi connectivity index (χ0v) is 16.1. The molecular formula is C21H21ClN2O4. The number of ether oxygens (including phenoxy) is 2. The Labute approximate surface area is 168 Å². The van der Waals surface area contributed by atoms with Crippen LogP contribution in [-0.2, 0) is 11.3 Å². The van der Waals surface area contributed by atoms with Crippen LogP contribution in [0.2, 0.25) is 5.02 Å². The van der Waals surface area contributed by atoms with E-state index in [1.807, 2.05) is 24.3 Å². The first-order chi connectivity index (χ1) is 13.6. The number of hydrogen-bond donors (Lipinski definition) is 1. The van der Waals surface area contributed by atoms with Crippen molar-refractivity contribution >= 4 is 29.1 Å². The average molecular weight is 401 g/mol. The molecule has 4 rings (SSSR count). The standard InChI is InChI=1S/C21H21ClN2O4/c22-17-11-15(12-18-20(17)28-10-2-9-27-18)21(26)23-13-14-4-6-16(7-5-14)24-8-1-3-19(24)25/h4-7,11-12H,1-3,8-10,13H2,(H,23,26). The molecule has 2 aromatic carbocycles. The highest BCUT2D eigenvalue weighted by molar-refractivity contribution is 6.32. The van der Waals surface area contributed by atoms with Crippen molar-refractivity contribution in [3.63, 3.8) is 0 Å². The Kier molecular flexibility index (Phi) is 5.39. The molecule has 146 valence electrons. The Hall–Kier alpha value is -2.73. The molecule has 1 fully saturated rings. The molecule has 0 saturated carbocycles. The van der Waals surface area contributed by atoms with Crippen LogP contribution >= 0.6 is 11.6 Å². The summed E-state index contributed by atoms with van der Waals surface area (Å²) in [5, 5.41) is 3.25. The van der Waals surface area contributed by atoms with E-state index in [0.717, 1.165) is 30.6 Å². The minimum absolute atomic E-state index is 0.160. The van der Waals surface area contributed by atoms with Crippen LogP contribution in [0.1, 0.15) is 35.2 Å². The smallest absolute Gasteiger partial charge is 0.251 e. The van der Waals surface area contributed by atoms with Crippen LogP contribution in [0, 0.1) is 0 Å². The minimum Gasteiger partial charge on any atom is -0.489 e. The molecule has 2 aliphatic rings. The molecule has 1 N–H and O–H groups in total. The molecule has 0 unspecified atom stereocenters. The molecule has 2 heterocycles. The van der Waals surface area contributed by atoms with Gasteiger partial charge in [-0.15, -0.1) is 0 Å². The first-order valence-electron chi connectivity index (χ1n) is 9.38. The second-order valence-electron chi connectivity index (χ2n) is 6.83. The van der Waals surface area contributed by atoms with Gasteiger partial charge in [0, 0.05) is 37.2 Å². The van der Waals surface area contributed by atoms with Gasteiger partial charge in [0.15, 0.2) is 11.5 Å². The van der Waals surface area contributed by atoms with Crippen LogP contribution in [0.25, 0.3) is 0 Å². The number of fused-ring (bicyclic) bond motifs is 1.